The second kappa shape index (κ2) is 6.26. The molecule has 0 radical (unpaired) electrons. The average Bonchev–Trinajstić information content (AvgIpc) is 2.46. The molecule has 0 aliphatic heterocycles. The van der Waals surface area contributed by atoms with E-state index in [1.54, 1.807) is 19.1 Å². The molecule has 22 heavy (non-hydrogen) atoms. The van der Waals surface area contributed by atoms with E-state index >= 15 is 0 Å². The number of ether oxygens (including phenoxy) is 2. The van der Waals surface area contributed by atoms with Crippen LogP contribution in [-0.4, -0.2) is 18.0 Å². The van der Waals surface area contributed by atoms with Gasteiger partial charge in [0.05, 0.1) is 23.7 Å². The highest BCUT2D eigenvalue weighted by Crippen LogP contribution is 2.32. The molecule has 6 heteroatoms. The monoisotopic (exact) mass is 301 g/mol. The molecule has 2 aromatic carbocycles. The molecule has 0 atom stereocenters. The maximum absolute atomic E-state index is 12.2. The van der Waals surface area contributed by atoms with Crippen LogP contribution >= 0.6 is 0 Å². The van der Waals surface area contributed by atoms with E-state index in [2.05, 4.69) is 0 Å². The van der Waals surface area contributed by atoms with E-state index in [-0.39, 0.29) is 17.2 Å². The van der Waals surface area contributed by atoms with Gasteiger partial charge in [0.25, 0.3) is 5.69 Å². The van der Waals surface area contributed by atoms with E-state index in [1.165, 1.54) is 25.3 Å². The van der Waals surface area contributed by atoms with Crippen LogP contribution in [0.2, 0.25) is 0 Å². The second-order valence-electron chi connectivity index (χ2n) is 4.80. The lowest BCUT2D eigenvalue weighted by molar-refractivity contribution is -0.384. The number of methoxy groups -OCH3 is 1. The minimum Gasteiger partial charge on any atom is -0.493 e. The number of nitro groups is 1. The number of esters is 1. The molecule has 0 aromatic heterocycles. The van der Waals surface area contributed by atoms with Crippen molar-refractivity contribution in [2.75, 3.05) is 7.11 Å². The van der Waals surface area contributed by atoms with Crippen LogP contribution in [0.1, 0.15) is 21.5 Å². The molecular formula is C16H15NO5. The molecule has 2 aromatic rings. The smallest absolute Gasteiger partial charge is 0.343 e. The van der Waals surface area contributed by atoms with E-state index in [0.29, 0.717) is 5.56 Å². The van der Waals surface area contributed by atoms with Crippen LogP contribution in [0.25, 0.3) is 0 Å². The SMILES string of the molecule is COc1ccc([N+](=O)[O-])cc1OC(=O)c1ccc(C)cc1C. The van der Waals surface area contributed by atoms with Crippen LogP contribution in [0.4, 0.5) is 5.69 Å². The van der Waals surface area contributed by atoms with Crippen LogP contribution in [0, 0.1) is 24.0 Å². The molecule has 0 saturated heterocycles. The average molecular weight is 301 g/mol. The number of hydrogen-bond donors (Lipinski definition) is 0. The molecule has 0 aliphatic carbocycles. The Balaban J connectivity index is 2.34. The van der Waals surface area contributed by atoms with Gasteiger partial charge in [0.2, 0.25) is 0 Å². The number of non-ortho nitro benzene ring substituents is 1. The maximum Gasteiger partial charge on any atom is 0.343 e. The highest BCUT2D eigenvalue weighted by Gasteiger charge is 2.17. The first-order chi connectivity index (χ1) is 10.4. The van der Waals surface area contributed by atoms with Gasteiger partial charge in [-0.2, -0.15) is 0 Å². The summed E-state index contributed by atoms with van der Waals surface area (Å²) in [5, 5.41) is 10.8. The summed E-state index contributed by atoms with van der Waals surface area (Å²) in [6.45, 7) is 3.72. The summed E-state index contributed by atoms with van der Waals surface area (Å²) in [4.78, 5) is 22.5. The van der Waals surface area contributed by atoms with Crippen molar-refractivity contribution >= 4 is 11.7 Å². The molecule has 0 amide bonds. The number of aryl methyl sites for hydroxylation is 2. The lowest BCUT2D eigenvalue weighted by Gasteiger charge is -2.10. The van der Waals surface area contributed by atoms with E-state index in [1.807, 2.05) is 13.0 Å². The molecule has 0 aliphatic rings. The van der Waals surface area contributed by atoms with Crippen LogP contribution in [0.5, 0.6) is 11.5 Å². The Labute approximate surface area is 127 Å². The van der Waals surface area contributed by atoms with E-state index < -0.39 is 10.9 Å². The van der Waals surface area contributed by atoms with E-state index in [4.69, 9.17) is 9.47 Å². The van der Waals surface area contributed by atoms with E-state index in [0.717, 1.165) is 11.1 Å². The van der Waals surface area contributed by atoms with Crippen LogP contribution in [0.15, 0.2) is 36.4 Å². The summed E-state index contributed by atoms with van der Waals surface area (Å²) in [7, 11) is 1.40. The van der Waals surface area contributed by atoms with Crippen molar-refractivity contribution in [1.29, 1.82) is 0 Å². The van der Waals surface area contributed by atoms with Gasteiger partial charge >= 0.3 is 5.97 Å². The van der Waals surface area contributed by atoms with Crippen molar-refractivity contribution in [2.45, 2.75) is 13.8 Å². The maximum atomic E-state index is 12.2. The lowest BCUT2D eigenvalue weighted by atomic mass is 10.1. The van der Waals surface area contributed by atoms with Gasteiger partial charge in [0.1, 0.15) is 0 Å². The molecule has 6 nitrogen and oxygen atoms in total. The Bertz CT molecular complexity index is 739. The van der Waals surface area contributed by atoms with E-state index in [9.17, 15) is 14.9 Å². The molecule has 0 heterocycles. The molecule has 114 valence electrons. The molecule has 0 N–H and O–H groups in total. The highest BCUT2D eigenvalue weighted by molar-refractivity contribution is 5.93. The quantitative estimate of drug-likeness (QED) is 0.374. The van der Waals surface area contributed by atoms with Crippen molar-refractivity contribution in [3.05, 3.63) is 63.2 Å². The topological polar surface area (TPSA) is 78.7 Å². The van der Waals surface area contributed by atoms with Crippen LogP contribution < -0.4 is 9.47 Å². The molecule has 0 saturated carbocycles. The van der Waals surface area contributed by atoms with Gasteiger partial charge in [-0.15, -0.1) is 0 Å². The van der Waals surface area contributed by atoms with Gasteiger partial charge in [0.15, 0.2) is 11.5 Å². The third-order valence-corrected chi connectivity index (χ3v) is 3.16. The molecule has 2 rings (SSSR count). The molecule has 0 fully saturated rings. The Morgan fingerprint density at radius 3 is 2.41 bits per heavy atom. The van der Waals surface area contributed by atoms with Gasteiger partial charge in [-0.1, -0.05) is 17.7 Å². The molecule has 0 spiro atoms. The minimum absolute atomic E-state index is 0.0154. The Hall–Kier alpha value is -2.89. The molecular weight excluding hydrogens is 286 g/mol. The van der Waals surface area contributed by atoms with Crippen molar-refractivity contribution < 1.29 is 19.2 Å². The molecule has 0 unspecified atom stereocenters. The number of hydrogen-bond acceptors (Lipinski definition) is 5. The van der Waals surface area contributed by atoms with Crippen LogP contribution in [-0.2, 0) is 0 Å². The summed E-state index contributed by atoms with van der Waals surface area (Å²) in [6.07, 6.45) is 0. The first-order valence-electron chi connectivity index (χ1n) is 6.54. The summed E-state index contributed by atoms with van der Waals surface area (Å²) in [5.41, 5.74) is 2.03. The predicted octanol–water partition coefficient (Wildman–Crippen LogP) is 3.44. The third kappa shape index (κ3) is 3.22. The van der Waals surface area contributed by atoms with Gasteiger partial charge in [0, 0.05) is 6.07 Å². The van der Waals surface area contributed by atoms with Gasteiger partial charge < -0.3 is 9.47 Å². The zero-order chi connectivity index (χ0) is 16.3. The number of carbonyl (C=O) groups excluding carboxylic acids is 1. The first kappa shape index (κ1) is 15.5. The zero-order valence-corrected chi connectivity index (χ0v) is 12.5. The van der Waals surface area contributed by atoms with Gasteiger partial charge in [-0.05, 0) is 31.5 Å². The van der Waals surface area contributed by atoms with Gasteiger partial charge in [-0.25, -0.2) is 4.79 Å². The normalized spacial score (nSPS) is 10.1. The lowest BCUT2D eigenvalue weighted by Crippen LogP contribution is -2.11. The largest absolute Gasteiger partial charge is 0.493 e. The minimum atomic E-state index is -0.587. The number of benzene rings is 2. The number of carbonyl (C=O) groups is 1. The summed E-state index contributed by atoms with van der Waals surface area (Å²) < 4.78 is 10.3. The number of nitro benzene ring substituents is 1. The van der Waals surface area contributed by atoms with Crippen molar-refractivity contribution in [2.24, 2.45) is 0 Å². The standard InChI is InChI=1S/C16H15NO5/c1-10-4-6-13(11(2)8-10)16(18)22-15-9-12(17(19)20)5-7-14(15)21-3/h4-9H,1-3H3. The Morgan fingerprint density at radius 2 is 1.82 bits per heavy atom. The Morgan fingerprint density at radius 1 is 1.09 bits per heavy atom. The fourth-order valence-corrected chi connectivity index (χ4v) is 2.06. The van der Waals surface area contributed by atoms with Gasteiger partial charge in [-0.3, -0.25) is 10.1 Å². The number of nitrogens with zero attached hydrogens (tertiary/aromatic N) is 1. The third-order valence-electron chi connectivity index (χ3n) is 3.16. The van der Waals surface area contributed by atoms with Crippen molar-refractivity contribution in [3.63, 3.8) is 0 Å². The van der Waals surface area contributed by atoms with Crippen molar-refractivity contribution in [3.8, 4) is 11.5 Å². The zero-order valence-electron chi connectivity index (χ0n) is 12.5. The fraction of sp³-hybridized carbons (Fsp3) is 0.188. The highest BCUT2D eigenvalue weighted by atomic mass is 16.6. The summed E-state index contributed by atoms with van der Waals surface area (Å²) in [5.74, 6) is -0.318. The summed E-state index contributed by atoms with van der Waals surface area (Å²) >= 11 is 0. The Kier molecular flexibility index (Phi) is 4.41. The number of rotatable bonds is 4. The molecule has 0 bridgehead atoms. The first-order valence-corrected chi connectivity index (χ1v) is 6.54. The summed E-state index contributed by atoms with van der Waals surface area (Å²) in [6, 6.07) is 9.17. The van der Waals surface area contributed by atoms with Crippen LogP contribution in [0.3, 0.4) is 0 Å². The fourth-order valence-electron chi connectivity index (χ4n) is 2.06. The second-order valence-corrected chi connectivity index (χ2v) is 4.80. The van der Waals surface area contributed by atoms with Crippen molar-refractivity contribution in [1.82, 2.24) is 0 Å². The predicted molar refractivity (Wildman–Crippen MR) is 80.5 cm³/mol.